The fraction of sp³-hybridized carbons (Fsp3) is 0.571. The molecule has 0 aliphatic heterocycles. The van der Waals surface area contributed by atoms with Crippen LogP contribution in [0.3, 0.4) is 0 Å². The van der Waals surface area contributed by atoms with Gasteiger partial charge in [0.15, 0.2) is 0 Å². The van der Waals surface area contributed by atoms with Gasteiger partial charge in [-0.15, -0.1) is 0 Å². The monoisotopic (exact) mass is 206 g/mol. The van der Waals surface area contributed by atoms with Crippen LogP contribution in [0.2, 0.25) is 0 Å². The molecule has 1 heteroatoms. The molecule has 0 saturated carbocycles. The second kappa shape index (κ2) is 5.79. The summed E-state index contributed by atoms with van der Waals surface area (Å²) in [6, 6.07) is 4.45. The highest BCUT2D eigenvalue weighted by molar-refractivity contribution is 5.43. The Balaban J connectivity index is 3.14. The quantitative estimate of drug-likeness (QED) is 0.709. The summed E-state index contributed by atoms with van der Waals surface area (Å²) < 4.78 is 5.47. The number of hydrogen-bond donors (Lipinski definition) is 0. The van der Waals surface area contributed by atoms with Crippen molar-refractivity contribution in [1.29, 1.82) is 0 Å². The van der Waals surface area contributed by atoms with E-state index in [9.17, 15) is 0 Å². The van der Waals surface area contributed by atoms with E-state index in [1.54, 1.807) is 7.11 Å². The van der Waals surface area contributed by atoms with Crippen LogP contribution in [-0.2, 0) is 12.8 Å². The summed E-state index contributed by atoms with van der Waals surface area (Å²) in [6.45, 7) is 6.58. The first-order valence-corrected chi connectivity index (χ1v) is 5.89. The van der Waals surface area contributed by atoms with Crippen molar-refractivity contribution in [2.45, 2.75) is 46.5 Å². The number of benzene rings is 1. The molecule has 0 aromatic heterocycles. The molecule has 0 amide bonds. The summed E-state index contributed by atoms with van der Waals surface area (Å²) >= 11 is 0. The summed E-state index contributed by atoms with van der Waals surface area (Å²) in [7, 11) is 1.77. The maximum atomic E-state index is 5.47. The summed E-state index contributed by atoms with van der Waals surface area (Å²) in [5.41, 5.74) is 4.18. The molecule has 0 aliphatic carbocycles. The van der Waals surface area contributed by atoms with E-state index in [-0.39, 0.29) is 0 Å². The van der Waals surface area contributed by atoms with Gasteiger partial charge in [0, 0.05) is 0 Å². The highest BCUT2D eigenvalue weighted by atomic mass is 16.5. The summed E-state index contributed by atoms with van der Waals surface area (Å²) in [6.07, 6.45) is 4.66. The Morgan fingerprint density at radius 2 is 1.73 bits per heavy atom. The van der Waals surface area contributed by atoms with Gasteiger partial charge < -0.3 is 4.74 Å². The van der Waals surface area contributed by atoms with Crippen molar-refractivity contribution in [2.24, 2.45) is 0 Å². The molecule has 1 nitrogen and oxygen atoms in total. The van der Waals surface area contributed by atoms with Gasteiger partial charge in [0.1, 0.15) is 5.75 Å². The topological polar surface area (TPSA) is 9.23 Å². The second-order valence-corrected chi connectivity index (χ2v) is 4.10. The Bertz CT molecular complexity index is 315. The van der Waals surface area contributed by atoms with Crippen LogP contribution in [0.4, 0.5) is 0 Å². The van der Waals surface area contributed by atoms with Crippen LogP contribution in [0.1, 0.15) is 43.4 Å². The molecular weight excluding hydrogens is 184 g/mol. The Hall–Kier alpha value is -0.980. The Kier molecular flexibility index (Phi) is 4.67. The van der Waals surface area contributed by atoms with Crippen LogP contribution in [-0.4, -0.2) is 7.11 Å². The van der Waals surface area contributed by atoms with Crippen LogP contribution < -0.4 is 4.74 Å². The maximum absolute atomic E-state index is 5.47. The van der Waals surface area contributed by atoms with Crippen LogP contribution in [0.25, 0.3) is 0 Å². The van der Waals surface area contributed by atoms with Gasteiger partial charge >= 0.3 is 0 Å². The fourth-order valence-corrected chi connectivity index (χ4v) is 2.06. The Morgan fingerprint density at radius 1 is 1.07 bits per heavy atom. The van der Waals surface area contributed by atoms with E-state index < -0.39 is 0 Å². The highest BCUT2D eigenvalue weighted by Crippen LogP contribution is 2.26. The average Bonchev–Trinajstić information content (AvgIpc) is 2.22. The predicted molar refractivity (Wildman–Crippen MR) is 65.7 cm³/mol. The van der Waals surface area contributed by atoms with E-state index in [0.29, 0.717) is 0 Å². The molecule has 0 radical (unpaired) electrons. The third kappa shape index (κ3) is 2.98. The van der Waals surface area contributed by atoms with Gasteiger partial charge in [0.2, 0.25) is 0 Å². The number of methoxy groups -OCH3 is 1. The van der Waals surface area contributed by atoms with Crippen LogP contribution in [0, 0.1) is 6.92 Å². The van der Waals surface area contributed by atoms with Gasteiger partial charge in [-0.05, 0) is 42.5 Å². The zero-order valence-electron chi connectivity index (χ0n) is 10.4. The van der Waals surface area contributed by atoms with Gasteiger partial charge in [-0.3, -0.25) is 0 Å². The largest absolute Gasteiger partial charge is 0.496 e. The Morgan fingerprint density at radius 3 is 2.27 bits per heavy atom. The molecule has 0 fully saturated rings. The van der Waals surface area contributed by atoms with E-state index in [0.717, 1.165) is 18.6 Å². The van der Waals surface area contributed by atoms with Gasteiger partial charge in [-0.2, -0.15) is 0 Å². The molecule has 1 aromatic rings. The molecule has 0 heterocycles. The smallest absolute Gasteiger partial charge is 0.122 e. The second-order valence-electron chi connectivity index (χ2n) is 4.10. The minimum Gasteiger partial charge on any atom is -0.496 e. The van der Waals surface area contributed by atoms with Crippen molar-refractivity contribution in [1.82, 2.24) is 0 Å². The minimum atomic E-state index is 1.07. The van der Waals surface area contributed by atoms with Gasteiger partial charge in [-0.1, -0.05) is 32.8 Å². The molecule has 1 aromatic carbocycles. The van der Waals surface area contributed by atoms with Crippen molar-refractivity contribution < 1.29 is 4.74 Å². The van der Waals surface area contributed by atoms with Crippen LogP contribution >= 0.6 is 0 Å². The van der Waals surface area contributed by atoms with Crippen molar-refractivity contribution in [3.63, 3.8) is 0 Å². The number of rotatable bonds is 5. The first-order valence-electron chi connectivity index (χ1n) is 5.89. The van der Waals surface area contributed by atoms with Gasteiger partial charge in [0.25, 0.3) is 0 Å². The van der Waals surface area contributed by atoms with Crippen molar-refractivity contribution in [3.8, 4) is 5.75 Å². The first-order chi connectivity index (χ1) is 7.22. The van der Waals surface area contributed by atoms with Gasteiger partial charge in [-0.25, -0.2) is 0 Å². The zero-order valence-corrected chi connectivity index (χ0v) is 10.4. The molecule has 0 N–H and O–H groups in total. The lowest BCUT2D eigenvalue weighted by Crippen LogP contribution is -1.99. The average molecular weight is 206 g/mol. The molecule has 0 unspecified atom stereocenters. The predicted octanol–water partition coefficient (Wildman–Crippen LogP) is 3.91. The molecule has 1 rings (SSSR count). The number of aryl methyl sites for hydroxylation is 2. The lowest BCUT2D eigenvalue weighted by atomic mass is 9.96. The van der Waals surface area contributed by atoms with Crippen molar-refractivity contribution in [3.05, 3.63) is 28.8 Å². The van der Waals surface area contributed by atoms with E-state index in [1.165, 1.54) is 29.5 Å². The van der Waals surface area contributed by atoms with Crippen molar-refractivity contribution >= 4 is 0 Å². The summed E-state index contributed by atoms with van der Waals surface area (Å²) in [4.78, 5) is 0. The summed E-state index contributed by atoms with van der Waals surface area (Å²) in [5, 5.41) is 0. The van der Waals surface area contributed by atoms with Crippen LogP contribution in [0.5, 0.6) is 5.75 Å². The third-order valence-electron chi connectivity index (χ3n) is 2.68. The van der Waals surface area contributed by atoms with Gasteiger partial charge in [0.05, 0.1) is 7.11 Å². The molecule has 0 atom stereocenters. The first kappa shape index (κ1) is 12.1. The number of ether oxygens (including phenoxy) is 1. The SMILES string of the molecule is CCCc1cc(C)cc(OC)c1CCC. The van der Waals surface area contributed by atoms with E-state index in [2.05, 4.69) is 32.9 Å². The fourth-order valence-electron chi connectivity index (χ4n) is 2.06. The van der Waals surface area contributed by atoms with Crippen molar-refractivity contribution in [2.75, 3.05) is 7.11 Å². The third-order valence-corrected chi connectivity index (χ3v) is 2.68. The normalized spacial score (nSPS) is 10.4. The summed E-state index contributed by atoms with van der Waals surface area (Å²) in [5.74, 6) is 1.07. The standard InChI is InChI=1S/C14H22O/c1-5-7-12-9-11(3)10-14(15-4)13(12)8-6-2/h9-10H,5-8H2,1-4H3. The highest BCUT2D eigenvalue weighted by Gasteiger charge is 2.08. The minimum absolute atomic E-state index is 1.07. The molecule has 0 saturated heterocycles. The lowest BCUT2D eigenvalue weighted by molar-refractivity contribution is 0.408. The van der Waals surface area contributed by atoms with E-state index in [4.69, 9.17) is 4.74 Å². The lowest BCUT2D eigenvalue weighted by Gasteiger charge is -2.14. The maximum Gasteiger partial charge on any atom is 0.122 e. The molecule has 0 spiro atoms. The number of hydrogen-bond acceptors (Lipinski definition) is 1. The molecule has 0 aliphatic rings. The Labute approximate surface area is 93.5 Å². The van der Waals surface area contributed by atoms with Crippen LogP contribution in [0.15, 0.2) is 12.1 Å². The zero-order chi connectivity index (χ0) is 11.3. The molecule has 15 heavy (non-hydrogen) atoms. The molecular formula is C14H22O. The molecule has 84 valence electrons. The molecule has 0 bridgehead atoms. The van der Waals surface area contributed by atoms with E-state index in [1.807, 2.05) is 0 Å². The van der Waals surface area contributed by atoms with E-state index >= 15 is 0 Å².